The van der Waals surface area contributed by atoms with Crippen molar-refractivity contribution < 1.29 is 14.3 Å². The number of carbonyl (C=O) groups is 2. The molecular formula is C17H23BrClN3O3. The van der Waals surface area contributed by atoms with Crippen molar-refractivity contribution in [2.75, 3.05) is 25.0 Å². The number of piperidine rings is 1. The number of hydrogen-bond acceptors (Lipinski definition) is 3. The van der Waals surface area contributed by atoms with Gasteiger partial charge in [-0.15, -0.1) is 0 Å². The zero-order valence-corrected chi connectivity index (χ0v) is 16.7. The molecule has 0 bridgehead atoms. The summed E-state index contributed by atoms with van der Waals surface area (Å²) in [5, 5.41) is 5.85. The van der Waals surface area contributed by atoms with E-state index in [1.807, 2.05) is 6.92 Å². The molecule has 25 heavy (non-hydrogen) atoms. The molecule has 1 heterocycles. The number of anilines is 1. The number of benzene rings is 1. The zero-order chi connectivity index (χ0) is 18.4. The maximum atomic E-state index is 12.4. The molecule has 1 aliphatic rings. The highest BCUT2D eigenvalue weighted by atomic mass is 79.9. The first-order valence-corrected chi connectivity index (χ1v) is 9.57. The Hall–Kier alpha value is -1.47. The largest absolute Gasteiger partial charge is 0.491 e. The Morgan fingerprint density at radius 3 is 2.64 bits per heavy atom. The summed E-state index contributed by atoms with van der Waals surface area (Å²) >= 11 is 9.42. The van der Waals surface area contributed by atoms with Gasteiger partial charge >= 0.3 is 6.03 Å². The van der Waals surface area contributed by atoms with Gasteiger partial charge in [0.2, 0.25) is 5.91 Å². The first kappa shape index (κ1) is 19.8. The van der Waals surface area contributed by atoms with Crippen LogP contribution in [0.15, 0.2) is 16.6 Å². The highest BCUT2D eigenvalue weighted by Gasteiger charge is 2.24. The smallest absolute Gasteiger partial charge is 0.319 e. The molecule has 1 fully saturated rings. The Balaban J connectivity index is 2.00. The van der Waals surface area contributed by atoms with Crippen molar-refractivity contribution in [2.45, 2.75) is 39.2 Å². The highest BCUT2D eigenvalue weighted by Crippen LogP contribution is 2.36. The number of ether oxygens (including phenoxy) is 1. The molecule has 0 spiro atoms. The molecule has 138 valence electrons. The van der Waals surface area contributed by atoms with Crippen molar-refractivity contribution in [1.82, 2.24) is 10.2 Å². The summed E-state index contributed by atoms with van der Waals surface area (Å²) in [4.78, 5) is 26.5. The molecule has 2 rings (SSSR count). The summed E-state index contributed by atoms with van der Waals surface area (Å²) < 4.78 is 6.20. The summed E-state index contributed by atoms with van der Waals surface area (Å²) in [6.45, 7) is 5.49. The van der Waals surface area contributed by atoms with Crippen LogP contribution in [0.25, 0.3) is 0 Å². The summed E-state index contributed by atoms with van der Waals surface area (Å²) in [5.41, 5.74) is 0.441. The van der Waals surface area contributed by atoms with Crippen LogP contribution in [0.1, 0.15) is 33.1 Å². The van der Waals surface area contributed by atoms with Gasteiger partial charge in [0, 0.05) is 18.1 Å². The number of hydrogen-bond donors (Lipinski definition) is 2. The van der Waals surface area contributed by atoms with E-state index in [1.54, 1.807) is 24.0 Å². The van der Waals surface area contributed by atoms with Crippen LogP contribution in [0.4, 0.5) is 10.5 Å². The Kier molecular flexibility index (Phi) is 7.38. The second-order valence-electron chi connectivity index (χ2n) is 5.90. The van der Waals surface area contributed by atoms with Crippen molar-refractivity contribution in [1.29, 1.82) is 0 Å². The molecule has 3 amide bonds. The molecule has 1 aromatic carbocycles. The second-order valence-corrected chi connectivity index (χ2v) is 7.19. The van der Waals surface area contributed by atoms with Crippen LogP contribution in [-0.4, -0.2) is 42.6 Å². The first-order valence-electron chi connectivity index (χ1n) is 8.40. The standard InChI is InChI=1S/C17H23BrClN3O3/c1-3-25-15-13(18)9-12(19)10-14(15)21-17(24)20-11(2)16(23)22-7-5-4-6-8-22/h9-11H,3-8H2,1-2H3,(H2,20,21,24)/t11-/m0/s1. The van der Waals surface area contributed by atoms with Gasteiger partial charge in [0.25, 0.3) is 0 Å². The van der Waals surface area contributed by atoms with Crippen molar-refractivity contribution in [3.8, 4) is 5.75 Å². The number of nitrogens with one attached hydrogen (secondary N) is 2. The lowest BCUT2D eigenvalue weighted by atomic mass is 10.1. The number of urea groups is 1. The molecule has 1 saturated heterocycles. The van der Waals surface area contributed by atoms with E-state index in [0.717, 1.165) is 32.4 Å². The number of nitrogens with zero attached hydrogens (tertiary/aromatic N) is 1. The molecule has 0 saturated carbocycles. The first-order chi connectivity index (χ1) is 11.9. The molecule has 2 N–H and O–H groups in total. The van der Waals surface area contributed by atoms with Crippen molar-refractivity contribution in [2.24, 2.45) is 0 Å². The average Bonchev–Trinajstić information content (AvgIpc) is 2.57. The van der Waals surface area contributed by atoms with E-state index in [4.69, 9.17) is 16.3 Å². The van der Waals surface area contributed by atoms with Gasteiger partial charge in [0.05, 0.1) is 16.8 Å². The van der Waals surface area contributed by atoms with E-state index < -0.39 is 12.1 Å². The van der Waals surface area contributed by atoms with Gasteiger partial charge in [-0.1, -0.05) is 11.6 Å². The summed E-state index contributed by atoms with van der Waals surface area (Å²) in [5.74, 6) is 0.434. The highest BCUT2D eigenvalue weighted by molar-refractivity contribution is 9.10. The lowest BCUT2D eigenvalue weighted by Crippen LogP contribution is -2.49. The summed E-state index contributed by atoms with van der Waals surface area (Å²) in [6, 6.07) is 2.22. The molecule has 0 radical (unpaired) electrons. The van der Waals surface area contributed by atoms with Crippen molar-refractivity contribution in [3.63, 3.8) is 0 Å². The van der Waals surface area contributed by atoms with Crippen molar-refractivity contribution >= 4 is 45.2 Å². The summed E-state index contributed by atoms with van der Waals surface area (Å²) in [7, 11) is 0. The second kappa shape index (κ2) is 9.29. The van der Waals surface area contributed by atoms with E-state index >= 15 is 0 Å². The number of halogens is 2. The van der Waals surface area contributed by atoms with Crippen LogP contribution >= 0.6 is 27.5 Å². The van der Waals surface area contributed by atoms with Gasteiger partial charge in [-0.3, -0.25) is 4.79 Å². The molecule has 0 aliphatic carbocycles. The van der Waals surface area contributed by atoms with Crippen LogP contribution < -0.4 is 15.4 Å². The SMILES string of the molecule is CCOc1c(Br)cc(Cl)cc1NC(=O)N[C@@H](C)C(=O)N1CCCCC1. The Morgan fingerprint density at radius 2 is 2.00 bits per heavy atom. The molecule has 1 atom stereocenters. The number of likely N-dealkylation sites (tertiary alicyclic amines) is 1. The molecule has 0 aromatic heterocycles. The lowest BCUT2D eigenvalue weighted by molar-refractivity contribution is -0.133. The fourth-order valence-corrected chi connectivity index (χ4v) is 3.67. The molecule has 6 nitrogen and oxygen atoms in total. The summed E-state index contributed by atoms with van der Waals surface area (Å²) in [6.07, 6.45) is 3.17. The van der Waals surface area contributed by atoms with E-state index in [9.17, 15) is 9.59 Å². The van der Waals surface area contributed by atoms with Gasteiger partial charge in [0.15, 0.2) is 5.75 Å². The molecular weight excluding hydrogens is 410 g/mol. The number of carbonyl (C=O) groups excluding carboxylic acids is 2. The third-order valence-corrected chi connectivity index (χ3v) is 4.74. The van der Waals surface area contributed by atoms with Crippen LogP contribution in [0.3, 0.4) is 0 Å². The predicted octanol–water partition coefficient (Wildman–Crippen LogP) is 4.02. The van der Waals surface area contributed by atoms with Gasteiger partial charge in [-0.2, -0.15) is 0 Å². The van der Waals surface area contributed by atoms with Crippen LogP contribution in [-0.2, 0) is 4.79 Å². The Labute approximate surface area is 161 Å². The Morgan fingerprint density at radius 1 is 1.32 bits per heavy atom. The van der Waals surface area contributed by atoms with Crippen LogP contribution in [0.5, 0.6) is 5.75 Å². The van der Waals surface area contributed by atoms with E-state index in [1.165, 1.54) is 0 Å². The maximum absolute atomic E-state index is 12.4. The fraction of sp³-hybridized carbons (Fsp3) is 0.529. The van der Waals surface area contributed by atoms with E-state index in [0.29, 0.717) is 27.5 Å². The van der Waals surface area contributed by atoms with Gasteiger partial charge < -0.3 is 20.3 Å². The van der Waals surface area contributed by atoms with E-state index in [2.05, 4.69) is 26.6 Å². The minimum atomic E-state index is -0.601. The topological polar surface area (TPSA) is 70.7 Å². The van der Waals surface area contributed by atoms with Gasteiger partial charge in [-0.25, -0.2) is 4.79 Å². The average molecular weight is 433 g/mol. The fourth-order valence-electron chi connectivity index (χ4n) is 2.75. The third-order valence-electron chi connectivity index (χ3n) is 3.93. The minimum Gasteiger partial charge on any atom is -0.491 e. The zero-order valence-electron chi connectivity index (χ0n) is 14.4. The van der Waals surface area contributed by atoms with E-state index in [-0.39, 0.29) is 5.91 Å². The lowest BCUT2D eigenvalue weighted by Gasteiger charge is -2.29. The van der Waals surface area contributed by atoms with Gasteiger partial charge in [-0.05, 0) is 61.2 Å². The molecule has 1 aromatic rings. The monoisotopic (exact) mass is 431 g/mol. The van der Waals surface area contributed by atoms with Gasteiger partial charge in [0.1, 0.15) is 6.04 Å². The van der Waals surface area contributed by atoms with Crippen molar-refractivity contribution in [3.05, 3.63) is 21.6 Å². The Bertz CT molecular complexity index is 636. The maximum Gasteiger partial charge on any atom is 0.319 e. The number of amides is 3. The predicted molar refractivity (Wildman–Crippen MR) is 102 cm³/mol. The third kappa shape index (κ3) is 5.51. The van der Waals surface area contributed by atoms with Crippen LogP contribution in [0, 0.1) is 0 Å². The normalized spacial score (nSPS) is 15.4. The molecule has 1 aliphatic heterocycles. The van der Waals surface area contributed by atoms with Crippen LogP contribution in [0.2, 0.25) is 5.02 Å². The minimum absolute atomic E-state index is 0.0628. The quantitative estimate of drug-likeness (QED) is 0.738. The molecule has 8 heteroatoms. The number of rotatable bonds is 5. The molecule has 0 unspecified atom stereocenters.